The first kappa shape index (κ1) is 18.9. The first-order valence-electron chi connectivity index (χ1n) is 7.15. The molecule has 1 unspecified atom stereocenters. The first-order valence-corrected chi connectivity index (χ1v) is 7.91. The number of phenols is 1. The molecule has 0 bridgehead atoms. The third-order valence-electron chi connectivity index (χ3n) is 3.25. The van der Waals surface area contributed by atoms with Crippen molar-refractivity contribution in [3.63, 3.8) is 0 Å². The van der Waals surface area contributed by atoms with Crippen LogP contribution in [0, 0.1) is 0 Å². The Hall–Kier alpha value is -2.44. The van der Waals surface area contributed by atoms with Crippen LogP contribution in [0.4, 0.5) is 5.69 Å². The second kappa shape index (κ2) is 8.09. The van der Waals surface area contributed by atoms with E-state index >= 15 is 0 Å². The van der Waals surface area contributed by atoms with Crippen LogP contribution in [0.5, 0.6) is 11.5 Å². The van der Waals surface area contributed by atoms with Crippen LogP contribution in [0.15, 0.2) is 36.4 Å². The SMILES string of the molecule is COc1ccc(Cl)cc1NC(=O)C(C)OC(=O)c1ccc(Cl)cc1O. The number of benzene rings is 2. The Morgan fingerprint density at radius 3 is 2.40 bits per heavy atom. The van der Waals surface area contributed by atoms with E-state index in [1.165, 1.54) is 38.3 Å². The molecule has 0 spiro atoms. The zero-order valence-electron chi connectivity index (χ0n) is 13.4. The lowest BCUT2D eigenvalue weighted by molar-refractivity contribution is -0.123. The van der Waals surface area contributed by atoms with Gasteiger partial charge in [0.15, 0.2) is 6.10 Å². The molecule has 0 heterocycles. The van der Waals surface area contributed by atoms with Crippen molar-refractivity contribution in [3.8, 4) is 11.5 Å². The summed E-state index contributed by atoms with van der Waals surface area (Å²) in [5.41, 5.74) is 0.252. The Kier molecular flexibility index (Phi) is 6.12. The van der Waals surface area contributed by atoms with E-state index in [2.05, 4.69) is 5.32 Å². The maximum atomic E-state index is 12.2. The van der Waals surface area contributed by atoms with Gasteiger partial charge < -0.3 is 19.9 Å². The molecule has 1 amide bonds. The Labute approximate surface area is 154 Å². The highest BCUT2D eigenvalue weighted by Gasteiger charge is 2.22. The van der Waals surface area contributed by atoms with Gasteiger partial charge in [0.2, 0.25) is 0 Å². The summed E-state index contributed by atoms with van der Waals surface area (Å²) in [6.45, 7) is 1.40. The fraction of sp³-hybridized carbons (Fsp3) is 0.176. The van der Waals surface area contributed by atoms with E-state index in [0.717, 1.165) is 0 Å². The van der Waals surface area contributed by atoms with Crippen molar-refractivity contribution in [3.05, 3.63) is 52.0 Å². The maximum Gasteiger partial charge on any atom is 0.342 e. The van der Waals surface area contributed by atoms with Crippen molar-refractivity contribution in [1.29, 1.82) is 0 Å². The van der Waals surface area contributed by atoms with Gasteiger partial charge in [0, 0.05) is 10.0 Å². The van der Waals surface area contributed by atoms with Gasteiger partial charge in [-0.15, -0.1) is 0 Å². The minimum atomic E-state index is -1.12. The highest BCUT2D eigenvalue weighted by Crippen LogP contribution is 2.28. The number of phenolic OH excluding ortho intramolecular Hbond substituents is 1. The summed E-state index contributed by atoms with van der Waals surface area (Å²) in [6.07, 6.45) is -1.12. The molecular weight excluding hydrogens is 369 g/mol. The zero-order valence-corrected chi connectivity index (χ0v) is 14.9. The highest BCUT2D eigenvalue weighted by molar-refractivity contribution is 6.31. The fourth-order valence-corrected chi connectivity index (χ4v) is 2.31. The van der Waals surface area contributed by atoms with Gasteiger partial charge in [-0.2, -0.15) is 0 Å². The number of nitrogens with one attached hydrogen (secondary N) is 1. The molecule has 2 rings (SSSR count). The lowest BCUT2D eigenvalue weighted by Crippen LogP contribution is -2.30. The summed E-state index contributed by atoms with van der Waals surface area (Å²) in [4.78, 5) is 24.3. The topological polar surface area (TPSA) is 84.9 Å². The van der Waals surface area contributed by atoms with Crippen molar-refractivity contribution in [1.82, 2.24) is 0 Å². The molecule has 132 valence electrons. The van der Waals surface area contributed by atoms with Crippen LogP contribution in [0.1, 0.15) is 17.3 Å². The minimum absolute atomic E-state index is 0.0932. The Morgan fingerprint density at radius 1 is 1.12 bits per heavy atom. The number of hydrogen-bond acceptors (Lipinski definition) is 5. The number of aromatic hydroxyl groups is 1. The van der Waals surface area contributed by atoms with Crippen LogP contribution >= 0.6 is 23.2 Å². The van der Waals surface area contributed by atoms with E-state index in [0.29, 0.717) is 16.5 Å². The van der Waals surface area contributed by atoms with Gasteiger partial charge >= 0.3 is 5.97 Å². The maximum absolute atomic E-state index is 12.2. The molecule has 6 nitrogen and oxygen atoms in total. The number of ether oxygens (including phenoxy) is 2. The number of amides is 1. The summed E-state index contributed by atoms with van der Waals surface area (Å²) in [6, 6.07) is 8.67. The minimum Gasteiger partial charge on any atom is -0.507 e. The number of hydrogen-bond donors (Lipinski definition) is 2. The number of carbonyl (C=O) groups excluding carboxylic acids is 2. The normalized spacial score (nSPS) is 11.5. The summed E-state index contributed by atoms with van der Waals surface area (Å²) in [5.74, 6) is -1.36. The Bertz CT molecular complexity index is 810. The van der Waals surface area contributed by atoms with Crippen molar-refractivity contribution in [2.75, 3.05) is 12.4 Å². The van der Waals surface area contributed by atoms with Crippen molar-refractivity contribution >= 4 is 40.8 Å². The Balaban J connectivity index is 2.07. The molecule has 2 aromatic carbocycles. The molecule has 0 saturated heterocycles. The number of rotatable bonds is 5. The van der Waals surface area contributed by atoms with Crippen molar-refractivity contribution < 1.29 is 24.2 Å². The summed E-state index contributed by atoms with van der Waals surface area (Å²) >= 11 is 11.6. The zero-order chi connectivity index (χ0) is 18.6. The molecule has 2 aromatic rings. The summed E-state index contributed by atoms with van der Waals surface area (Å²) in [5, 5.41) is 13.0. The standard InChI is InChI=1S/C17H15Cl2NO5/c1-9(25-17(23)12-5-3-11(19)8-14(12)21)16(22)20-13-7-10(18)4-6-15(13)24-2/h3-9,21H,1-2H3,(H,20,22). The molecule has 0 aromatic heterocycles. The number of esters is 1. The molecule has 25 heavy (non-hydrogen) atoms. The number of methoxy groups -OCH3 is 1. The van der Waals surface area contributed by atoms with Crippen LogP contribution in [0.25, 0.3) is 0 Å². The van der Waals surface area contributed by atoms with Crippen LogP contribution in [0.2, 0.25) is 10.0 Å². The van der Waals surface area contributed by atoms with Crippen molar-refractivity contribution in [2.45, 2.75) is 13.0 Å². The highest BCUT2D eigenvalue weighted by atomic mass is 35.5. The molecule has 0 aliphatic carbocycles. The second-order valence-corrected chi connectivity index (χ2v) is 5.92. The molecule has 0 fully saturated rings. The van der Waals surface area contributed by atoms with Crippen LogP contribution < -0.4 is 10.1 Å². The molecule has 0 aliphatic heterocycles. The number of halogens is 2. The monoisotopic (exact) mass is 383 g/mol. The molecule has 0 saturated carbocycles. The smallest absolute Gasteiger partial charge is 0.342 e. The van der Waals surface area contributed by atoms with Gasteiger partial charge in [0.1, 0.15) is 17.1 Å². The van der Waals surface area contributed by atoms with E-state index in [4.69, 9.17) is 32.7 Å². The van der Waals surface area contributed by atoms with Gasteiger partial charge in [0.05, 0.1) is 12.8 Å². The van der Waals surface area contributed by atoms with E-state index in [9.17, 15) is 14.7 Å². The van der Waals surface area contributed by atoms with Crippen LogP contribution in [-0.2, 0) is 9.53 Å². The van der Waals surface area contributed by atoms with Gasteiger partial charge in [-0.3, -0.25) is 4.79 Å². The lowest BCUT2D eigenvalue weighted by Gasteiger charge is -2.15. The summed E-state index contributed by atoms with van der Waals surface area (Å²) in [7, 11) is 1.45. The van der Waals surface area contributed by atoms with Gasteiger partial charge in [0.25, 0.3) is 5.91 Å². The predicted octanol–water partition coefficient (Wildman–Crippen LogP) is 3.89. The van der Waals surface area contributed by atoms with Gasteiger partial charge in [-0.1, -0.05) is 23.2 Å². The molecule has 1 atom stereocenters. The predicted molar refractivity (Wildman–Crippen MR) is 94.6 cm³/mol. The molecule has 8 heteroatoms. The van der Waals surface area contributed by atoms with Crippen LogP contribution in [0.3, 0.4) is 0 Å². The third-order valence-corrected chi connectivity index (χ3v) is 3.72. The molecule has 0 aliphatic rings. The van der Waals surface area contributed by atoms with E-state index in [-0.39, 0.29) is 16.3 Å². The fourth-order valence-electron chi connectivity index (χ4n) is 1.97. The molecule has 0 radical (unpaired) electrons. The third kappa shape index (κ3) is 4.78. The quantitative estimate of drug-likeness (QED) is 0.764. The van der Waals surface area contributed by atoms with Crippen LogP contribution in [-0.4, -0.2) is 30.2 Å². The van der Waals surface area contributed by atoms with E-state index in [1.54, 1.807) is 12.1 Å². The largest absolute Gasteiger partial charge is 0.507 e. The molecule has 2 N–H and O–H groups in total. The van der Waals surface area contributed by atoms with Gasteiger partial charge in [-0.05, 0) is 43.3 Å². The molecular formula is C17H15Cl2NO5. The summed E-state index contributed by atoms with van der Waals surface area (Å²) < 4.78 is 10.2. The lowest BCUT2D eigenvalue weighted by atomic mass is 10.2. The van der Waals surface area contributed by atoms with Crippen molar-refractivity contribution in [2.24, 2.45) is 0 Å². The second-order valence-electron chi connectivity index (χ2n) is 5.04. The van der Waals surface area contributed by atoms with E-state index in [1.807, 2.05) is 0 Å². The van der Waals surface area contributed by atoms with E-state index < -0.39 is 18.0 Å². The average molecular weight is 384 g/mol. The Morgan fingerprint density at radius 2 is 1.76 bits per heavy atom. The average Bonchev–Trinajstić information content (AvgIpc) is 2.54. The van der Waals surface area contributed by atoms with Gasteiger partial charge in [-0.25, -0.2) is 4.79 Å². The number of anilines is 1. The first-order chi connectivity index (χ1) is 11.8. The number of carbonyl (C=O) groups is 2.